The van der Waals surface area contributed by atoms with Crippen LogP contribution in [0.2, 0.25) is 0 Å². The molecule has 1 aromatic heterocycles. The van der Waals surface area contributed by atoms with E-state index in [1.165, 1.54) is 14.2 Å². The molecule has 172 valence electrons. The molecule has 0 unspecified atom stereocenters. The van der Waals surface area contributed by atoms with Gasteiger partial charge in [-0.05, 0) is 64.0 Å². The van der Waals surface area contributed by atoms with Crippen LogP contribution >= 0.6 is 15.9 Å². The van der Waals surface area contributed by atoms with Crippen molar-refractivity contribution in [2.75, 3.05) is 27.9 Å². The van der Waals surface area contributed by atoms with Crippen LogP contribution < -0.4 is 24.3 Å². The van der Waals surface area contributed by atoms with Crippen molar-refractivity contribution in [3.05, 3.63) is 76.0 Å². The van der Waals surface area contributed by atoms with Crippen molar-refractivity contribution >= 4 is 27.6 Å². The number of nitrogens with one attached hydrogen (secondary N) is 1. The lowest BCUT2D eigenvalue weighted by molar-refractivity contribution is 0.0902. The summed E-state index contributed by atoms with van der Waals surface area (Å²) in [6.45, 7) is 0.123. The van der Waals surface area contributed by atoms with E-state index in [1.54, 1.807) is 37.4 Å². The first-order chi connectivity index (χ1) is 15.9. The van der Waals surface area contributed by atoms with E-state index in [-0.39, 0.29) is 18.0 Å². The molecule has 3 aromatic rings. The van der Waals surface area contributed by atoms with Gasteiger partial charge < -0.3 is 24.3 Å². The first-order valence-corrected chi connectivity index (χ1v) is 10.7. The maximum atomic E-state index is 12.5. The number of pyridine rings is 1. The summed E-state index contributed by atoms with van der Waals surface area (Å²) < 4.78 is 21.7. The molecule has 1 N–H and O–H groups in total. The lowest BCUT2D eigenvalue weighted by atomic mass is 10.1. The fourth-order valence-corrected chi connectivity index (χ4v) is 3.34. The highest BCUT2D eigenvalue weighted by Crippen LogP contribution is 2.27. The van der Waals surface area contributed by atoms with Gasteiger partial charge in [-0.2, -0.15) is 0 Å². The Balaban J connectivity index is 1.57. The molecule has 0 atom stereocenters. The average Bonchev–Trinajstić information content (AvgIpc) is 2.86. The van der Waals surface area contributed by atoms with Crippen LogP contribution in [0.5, 0.6) is 23.0 Å². The Hall–Kier alpha value is -3.59. The van der Waals surface area contributed by atoms with Crippen LogP contribution in [0.1, 0.15) is 26.4 Å². The first-order valence-electron chi connectivity index (χ1n) is 9.91. The third-order valence-corrected chi connectivity index (χ3v) is 5.28. The third-order valence-electron chi connectivity index (χ3n) is 4.71. The second-order valence-electron chi connectivity index (χ2n) is 6.80. The Morgan fingerprint density at radius 3 is 2.21 bits per heavy atom. The van der Waals surface area contributed by atoms with Crippen LogP contribution in [0.15, 0.2) is 59.2 Å². The van der Waals surface area contributed by atoms with Crippen LogP contribution in [0.4, 0.5) is 0 Å². The predicted octanol–water partition coefficient (Wildman–Crippen LogP) is 4.06. The molecule has 8 nitrogen and oxygen atoms in total. The highest BCUT2D eigenvalue weighted by Gasteiger charge is 2.15. The number of ether oxygens (including phenoxy) is 4. The highest BCUT2D eigenvalue weighted by molar-refractivity contribution is 9.10. The van der Waals surface area contributed by atoms with Gasteiger partial charge in [-0.25, -0.2) is 4.98 Å². The molecule has 0 spiro atoms. The smallest absolute Gasteiger partial charge is 0.251 e. The third kappa shape index (κ3) is 6.23. The van der Waals surface area contributed by atoms with Gasteiger partial charge in [0.15, 0.2) is 23.0 Å². The van der Waals surface area contributed by atoms with Crippen molar-refractivity contribution in [2.45, 2.75) is 6.61 Å². The van der Waals surface area contributed by atoms with Crippen LogP contribution in [0.25, 0.3) is 0 Å². The second-order valence-corrected chi connectivity index (χ2v) is 7.55. The fraction of sp³-hybridized carbons (Fsp3) is 0.208. The number of halogens is 1. The number of nitrogens with zero attached hydrogens (tertiary/aromatic N) is 1. The Kier molecular flexibility index (Phi) is 8.26. The molecule has 9 heteroatoms. The van der Waals surface area contributed by atoms with E-state index < -0.39 is 5.91 Å². The molecule has 0 bridgehead atoms. The van der Waals surface area contributed by atoms with Crippen LogP contribution in [-0.2, 0) is 6.61 Å². The number of carbonyl (C=O) groups excluding carboxylic acids is 2. The highest BCUT2D eigenvalue weighted by atomic mass is 79.9. The number of benzene rings is 2. The minimum atomic E-state index is -0.414. The van der Waals surface area contributed by atoms with E-state index in [0.29, 0.717) is 34.0 Å². The summed E-state index contributed by atoms with van der Waals surface area (Å²) >= 11 is 3.34. The Morgan fingerprint density at radius 2 is 1.58 bits per heavy atom. The van der Waals surface area contributed by atoms with Gasteiger partial charge in [-0.15, -0.1) is 0 Å². The Labute approximate surface area is 200 Å². The van der Waals surface area contributed by atoms with Gasteiger partial charge >= 0.3 is 0 Å². The molecule has 2 aromatic carbocycles. The van der Waals surface area contributed by atoms with Gasteiger partial charge in [-0.3, -0.25) is 9.59 Å². The van der Waals surface area contributed by atoms with Gasteiger partial charge in [-0.1, -0.05) is 12.1 Å². The molecule has 3 rings (SSSR count). The molecule has 1 heterocycles. The number of hydrogen-bond donors (Lipinski definition) is 1. The standard InChI is InChI=1S/C24H23BrN2O6/c1-30-17-7-4-15(5-8-17)14-33-21-11-9-18(27-23(21)25)19(28)13-26-24(29)16-6-10-20(31-2)22(12-16)32-3/h4-12H,13-14H2,1-3H3,(H,26,29). The van der Waals surface area contributed by atoms with Crippen molar-refractivity contribution in [3.63, 3.8) is 0 Å². The number of hydrogen-bond acceptors (Lipinski definition) is 7. The van der Waals surface area contributed by atoms with Gasteiger partial charge in [0.1, 0.15) is 22.7 Å². The fourth-order valence-electron chi connectivity index (χ4n) is 2.90. The SMILES string of the molecule is COc1ccc(COc2ccc(C(=O)CNC(=O)c3ccc(OC)c(OC)c3)nc2Br)cc1. The largest absolute Gasteiger partial charge is 0.497 e. The summed E-state index contributed by atoms with van der Waals surface area (Å²) in [6.07, 6.45) is 0. The van der Waals surface area contributed by atoms with Crippen molar-refractivity contribution in [1.82, 2.24) is 10.3 Å². The number of carbonyl (C=O) groups is 2. The summed E-state index contributed by atoms with van der Waals surface area (Å²) in [5.74, 6) is 1.44. The zero-order chi connectivity index (χ0) is 23.8. The summed E-state index contributed by atoms with van der Waals surface area (Å²) in [6, 6.07) is 15.5. The quantitative estimate of drug-likeness (QED) is 0.321. The van der Waals surface area contributed by atoms with Crippen molar-refractivity contribution in [2.24, 2.45) is 0 Å². The average molecular weight is 515 g/mol. The van der Waals surface area contributed by atoms with Gasteiger partial charge in [0, 0.05) is 5.56 Å². The number of Topliss-reactive ketones (excluding diaryl/α,β-unsaturated/α-hetero) is 1. The molecule has 33 heavy (non-hydrogen) atoms. The molecule has 0 aliphatic carbocycles. The zero-order valence-corrected chi connectivity index (χ0v) is 20.0. The molecular formula is C24H23BrN2O6. The van der Waals surface area contributed by atoms with E-state index in [0.717, 1.165) is 11.3 Å². The van der Waals surface area contributed by atoms with Crippen molar-refractivity contribution < 1.29 is 28.5 Å². The van der Waals surface area contributed by atoms with Gasteiger partial charge in [0.2, 0.25) is 0 Å². The molecule has 0 saturated carbocycles. The lowest BCUT2D eigenvalue weighted by Gasteiger charge is -2.11. The Bertz CT molecular complexity index is 1130. The number of aromatic nitrogens is 1. The van der Waals surface area contributed by atoms with Crippen LogP contribution in [0, 0.1) is 0 Å². The zero-order valence-electron chi connectivity index (χ0n) is 18.4. The summed E-state index contributed by atoms with van der Waals surface area (Å²) in [5.41, 5.74) is 1.50. The summed E-state index contributed by atoms with van der Waals surface area (Å²) in [7, 11) is 4.60. The predicted molar refractivity (Wildman–Crippen MR) is 125 cm³/mol. The maximum absolute atomic E-state index is 12.5. The van der Waals surface area contributed by atoms with E-state index in [1.807, 2.05) is 24.3 Å². The maximum Gasteiger partial charge on any atom is 0.251 e. The molecule has 0 aliphatic heterocycles. The monoisotopic (exact) mass is 514 g/mol. The van der Waals surface area contributed by atoms with Crippen LogP contribution in [-0.4, -0.2) is 44.5 Å². The van der Waals surface area contributed by atoms with Gasteiger partial charge in [0.25, 0.3) is 5.91 Å². The number of methoxy groups -OCH3 is 3. The van der Waals surface area contributed by atoms with Crippen LogP contribution in [0.3, 0.4) is 0 Å². The normalized spacial score (nSPS) is 10.3. The van der Waals surface area contributed by atoms with E-state index in [9.17, 15) is 9.59 Å². The molecule has 0 aliphatic rings. The summed E-state index contributed by atoms with van der Waals surface area (Å²) in [4.78, 5) is 29.2. The van der Waals surface area contributed by atoms with Gasteiger partial charge in [0.05, 0.1) is 27.9 Å². The molecule has 1 amide bonds. The molecule has 0 radical (unpaired) electrons. The number of ketones is 1. The van der Waals surface area contributed by atoms with Crippen molar-refractivity contribution in [3.8, 4) is 23.0 Å². The number of amides is 1. The molecule has 0 saturated heterocycles. The minimum Gasteiger partial charge on any atom is -0.497 e. The lowest BCUT2D eigenvalue weighted by Crippen LogP contribution is -2.30. The summed E-state index contributed by atoms with van der Waals surface area (Å²) in [5, 5.41) is 2.59. The van der Waals surface area contributed by atoms with E-state index >= 15 is 0 Å². The molecule has 0 fully saturated rings. The Morgan fingerprint density at radius 1 is 0.879 bits per heavy atom. The minimum absolute atomic E-state index is 0.200. The number of rotatable bonds is 10. The van der Waals surface area contributed by atoms with Crippen molar-refractivity contribution in [1.29, 1.82) is 0 Å². The second kappa shape index (κ2) is 11.3. The van der Waals surface area contributed by atoms with E-state index in [2.05, 4.69) is 26.2 Å². The topological polar surface area (TPSA) is 96.0 Å². The van der Waals surface area contributed by atoms with E-state index in [4.69, 9.17) is 18.9 Å². The molecular weight excluding hydrogens is 492 g/mol. The first kappa shape index (κ1) is 24.1.